The Kier molecular flexibility index (Phi) is 7.88. The van der Waals surface area contributed by atoms with Gasteiger partial charge in [-0.05, 0) is 55.2 Å². The molecule has 1 amide bonds. The van der Waals surface area contributed by atoms with Crippen LogP contribution in [0.3, 0.4) is 0 Å². The predicted molar refractivity (Wildman–Crippen MR) is 110 cm³/mol. The molecule has 1 unspecified atom stereocenters. The minimum Gasteiger partial charge on any atom is -0.476 e. The molecule has 1 N–H and O–H groups in total. The first kappa shape index (κ1) is 21.8. The van der Waals surface area contributed by atoms with E-state index in [9.17, 15) is 9.59 Å². The molecule has 0 saturated carbocycles. The molecule has 0 radical (unpaired) electrons. The first-order chi connectivity index (χ1) is 13.3. The largest absolute Gasteiger partial charge is 0.476 e. The van der Waals surface area contributed by atoms with Crippen LogP contribution >= 0.6 is 11.6 Å². The molecule has 6 heteroatoms. The van der Waals surface area contributed by atoms with Crippen LogP contribution in [-0.2, 0) is 20.7 Å². The van der Waals surface area contributed by atoms with Gasteiger partial charge in [0.2, 0.25) is 11.5 Å². The van der Waals surface area contributed by atoms with Gasteiger partial charge in [-0.25, -0.2) is 4.79 Å². The lowest BCUT2D eigenvalue weighted by Gasteiger charge is -2.27. The summed E-state index contributed by atoms with van der Waals surface area (Å²) >= 11 is 5.92. The average molecular weight is 404 g/mol. The van der Waals surface area contributed by atoms with Gasteiger partial charge >= 0.3 is 5.97 Å². The maximum absolute atomic E-state index is 12.4. The Morgan fingerprint density at radius 3 is 2.14 bits per heavy atom. The van der Waals surface area contributed by atoms with E-state index >= 15 is 0 Å². The van der Waals surface area contributed by atoms with Crippen LogP contribution in [-0.4, -0.2) is 30.6 Å². The van der Waals surface area contributed by atoms with Crippen molar-refractivity contribution >= 4 is 23.5 Å². The van der Waals surface area contributed by atoms with Gasteiger partial charge in [0.05, 0.1) is 6.54 Å². The van der Waals surface area contributed by atoms with E-state index in [0.29, 0.717) is 12.2 Å². The molecule has 0 aromatic heterocycles. The number of carbonyl (C=O) groups is 2. The Labute approximate surface area is 171 Å². The molecule has 28 heavy (non-hydrogen) atoms. The van der Waals surface area contributed by atoms with Gasteiger partial charge in [0.25, 0.3) is 0 Å². The van der Waals surface area contributed by atoms with Crippen LogP contribution in [0.25, 0.3) is 0 Å². The molecule has 0 fully saturated rings. The Bertz CT molecular complexity index is 789. The van der Waals surface area contributed by atoms with Gasteiger partial charge in [-0.2, -0.15) is 0 Å². The van der Waals surface area contributed by atoms with Gasteiger partial charge in [0, 0.05) is 11.9 Å². The molecule has 2 aromatic carbocycles. The highest BCUT2D eigenvalue weighted by molar-refractivity contribution is 6.30. The second kappa shape index (κ2) is 10.1. The van der Waals surface area contributed by atoms with E-state index in [-0.39, 0.29) is 19.1 Å². The number of rotatable bonds is 9. The quantitative estimate of drug-likeness (QED) is 0.504. The number of amides is 1. The molecule has 2 rings (SSSR count). The molecule has 0 aliphatic carbocycles. The predicted octanol–water partition coefficient (Wildman–Crippen LogP) is 4.16. The minimum absolute atomic E-state index is 0.109. The number of esters is 1. The molecule has 0 saturated heterocycles. The smallest absolute Gasteiger partial charge is 0.350 e. The van der Waals surface area contributed by atoms with Crippen LogP contribution in [0, 0.1) is 0 Å². The van der Waals surface area contributed by atoms with Crippen molar-refractivity contribution in [3.05, 3.63) is 64.7 Å². The lowest BCUT2D eigenvalue weighted by atomic mass is 10.0. The topological polar surface area (TPSA) is 64.6 Å². The van der Waals surface area contributed by atoms with E-state index in [1.165, 1.54) is 12.5 Å². The van der Waals surface area contributed by atoms with Crippen molar-refractivity contribution in [1.29, 1.82) is 0 Å². The average Bonchev–Trinajstić information content (AvgIpc) is 2.68. The summed E-state index contributed by atoms with van der Waals surface area (Å²) in [6.45, 7) is 5.37. The van der Waals surface area contributed by atoms with Gasteiger partial charge in [0.1, 0.15) is 12.4 Å². The van der Waals surface area contributed by atoms with Crippen molar-refractivity contribution in [2.75, 3.05) is 13.2 Å². The van der Waals surface area contributed by atoms with Gasteiger partial charge < -0.3 is 14.8 Å². The molecule has 0 spiro atoms. The fourth-order valence-corrected chi connectivity index (χ4v) is 2.68. The molecule has 5 nitrogen and oxygen atoms in total. The summed E-state index contributed by atoms with van der Waals surface area (Å²) in [5.41, 5.74) is 1.21. The van der Waals surface area contributed by atoms with E-state index in [1.54, 1.807) is 6.92 Å². The van der Waals surface area contributed by atoms with E-state index in [4.69, 9.17) is 21.1 Å². The fraction of sp³-hybridized carbons (Fsp3) is 0.364. The number of hydrogen-bond acceptors (Lipinski definition) is 4. The fourth-order valence-electron chi connectivity index (χ4n) is 2.56. The summed E-state index contributed by atoms with van der Waals surface area (Å²) < 4.78 is 11.2. The number of benzene rings is 2. The molecular weight excluding hydrogens is 378 g/mol. The second-order valence-corrected chi connectivity index (χ2v) is 7.19. The van der Waals surface area contributed by atoms with Gasteiger partial charge in [-0.3, -0.25) is 4.79 Å². The van der Waals surface area contributed by atoms with Crippen LogP contribution < -0.4 is 10.1 Å². The van der Waals surface area contributed by atoms with Crippen LogP contribution in [0.2, 0.25) is 5.02 Å². The molecule has 0 aliphatic rings. The first-order valence-electron chi connectivity index (χ1n) is 9.26. The third kappa shape index (κ3) is 6.57. The van der Waals surface area contributed by atoms with Gasteiger partial charge in [-0.1, -0.05) is 42.8 Å². The molecule has 0 aliphatic heterocycles. The highest BCUT2D eigenvalue weighted by atomic mass is 35.5. The molecule has 1 atom stereocenters. The Hall–Kier alpha value is -2.53. The standard InChI is InChI=1S/C22H26ClNO4/c1-4-22(3,21(26)27-14-13-24-16(2)25)28-20-11-7-18(8-12-20)15-17-5-9-19(23)10-6-17/h5-12H,4,13-15H2,1-3H3,(H,24,25). The zero-order chi connectivity index (χ0) is 20.6. The molecule has 0 heterocycles. The maximum Gasteiger partial charge on any atom is 0.350 e. The third-order valence-electron chi connectivity index (χ3n) is 4.40. The Morgan fingerprint density at radius 2 is 1.61 bits per heavy atom. The Balaban J connectivity index is 1.94. The number of halogens is 1. The van der Waals surface area contributed by atoms with E-state index in [0.717, 1.165) is 17.0 Å². The lowest BCUT2D eigenvalue weighted by Crippen LogP contribution is -2.43. The van der Waals surface area contributed by atoms with Crippen molar-refractivity contribution in [3.63, 3.8) is 0 Å². The Morgan fingerprint density at radius 1 is 1.04 bits per heavy atom. The summed E-state index contributed by atoms with van der Waals surface area (Å²) in [5.74, 6) is -0.0159. The summed E-state index contributed by atoms with van der Waals surface area (Å²) in [5, 5.41) is 3.30. The van der Waals surface area contributed by atoms with Crippen molar-refractivity contribution in [3.8, 4) is 5.75 Å². The number of nitrogens with one attached hydrogen (secondary N) is 1. The van der Waals surface area contributed by atoms with Crippen LogP contribution in [0.1, 0.15) is 38.3 Å². The first-order valence-corrected chi connectivity index (χ1v) is 9.64. The molecular formula is C22H26ClNO4. The van der Waals surface area contributed by atoms with Crippen molar-refractivity contribution in [2.24, 2.45) is 0 Å². The van der Waals surface area contributed by atoms with Gasteiger partial charge in [-0.15, -0.1) is 0 Å². The minimum atomic E-state index is -1.09. The van der Waals surface area contributed by atoms with E-state index in [2.05, 4.69) is 5.32 Å². The van der Waals surface area contributed by atoms with Crippen molar-refractivity contribution < 1.29 is 19.1 Å². The van der Waals surface area contributed by atoms with Crippen LogP contribution in [0.15, 0.2) is 48.5 Å². The zero-order valence-electron chi connectivity index (χ0n) is 16.5. The molecule has 150 valence electrons. The summed E-state index contributed by atoms with van der Waals surface area (Å²) in [6.07, 6.45) is 1.24. The summed E-state index contributed by atoms with van der Waals surface area (Å²) in [4.78, 5) is 23.3. The lowest BCUT2D eigenvalue weighted by molar-refractivity contribution is -0.161. The number of carbonyl (C=O) groups excluding carboxylic acids is 2. The SMILES string of the molecule is CCC(C)(Oc1ccc(Cc2ccc(Cl)cc2)cc1)C(=O)OCCNC(C)=O. The van der Waals surface area contributed by atoms with Crippen LogP contribution in [0.5, 0.6) is 5.75 Å². The normalized spacial score (nSPS) is 12.7. The molecule has 0 bridgehead atoms. The zero-order valence-corrected chi connectivity index (χ0v) is 17.2. The van der Waals surface area contributed by atoms with Crippen molar-refractivity contribution in [2.45, 2.75) is 39.2 Å². The second-order valence-electron chi connectivity index (χ2n) is 6.75. The van der Waals surface area contributed by atoms with E-state index < -0.39 is 11.6 Å². The highest BCUT2D eigenvalue weighted by Crippen LogP contribution is 2.24. The van der Waals surface area contributed by atoms with E-state index in [1.807, 2.05) is 55.5 Å². The summed E-state index contributed by atoms with van der Waals surface area (Å²) in [6, 6.07) is 15.4. The number of ether oxygens (including phenoxy) is 2. The molecule has 2 aromatic rings. The maximum atomic E-state index is 12.4. The van der Waals surface area contributed by atoms with Gasteiger partial charge in [0.15, 0.2) is 0 Å². The monoisotopic (exact) mass is 403 g/mol. The highest BCUT2D eigenvalue weighted by Gasteiger charge is 2.35. The van der Waals surface area contributed by atoms with Crippen molar-refractivity contribution in [1.82, 2.24) is 5.32 Å². The summed E-state index contributed by atoms with van der Waals surface area (Å²) in [7, 11) is 0. The number of hydrogen-bond donors (Lipinski definition) is 1. The third-order valence-corrected chi connectivity index (χ3v) is 4.66. The van der Waals surface area contributed by atoms with Crippen LogP contribution in [0.4, 0.5) is 0 Å².